The predicted octanol–water partition coefficient (Wildman–Crippen LogP) is 2.61. The van der Waals surface area contributed by atoms with Crippen LogP contribution in [0.3, 0.4) is 0 Å². The average Bonchev–Trinajstić information content (AvgIpc) is 2.61. The van der Waals surface area contributed by atoms with Gasteiger partial charge in [-0.3, -0.25) is 9.40 Å². The van der Waals surface area contributed by atoms with Gasteiger partial charge in [-0.25, -0.2) is 0 Å². The summed E-state index contributed by atoms with van der Waals surface area (Å²) in [6, 6.07) is 0. The number of hydroxylamine groups is 2. The molecular formula is C9H19BrNO4P. The third kappa shape index (κ3) is 3.28. The fraction of sp³-hybridized carbons (Fsp3) is 1.00. The van der Waals surface area contributed by atoms with E-state index in [2.05, 4.69) is 15.9 Å². The maximum absolute atomic E-state index is 12.5. The molecule has 0 unspecified atom stereocenters. The minimum atomic E-state index is -3.09. The number of rotatable bonds is 6. The second-order valence-corrected chi connectivity index (χ2v) is 6.36. The van der Waals surface area contributed by atoms with Gasteiger partial charge in [0.2, 0.25) is 0 Å². The lowest BCUT2D eigenvalue weighted by Crippen LogP contribution is -2.25. The normalized spacial score (nSPS) is 27.5. The van der Waals surface area contributed by atoms with Crippen LogP contribution in [-0.4, -0.2) is 42.5 Å². The first-order valence-corrected chi connectivity index (χ1v) is 8.15. The first-order chi connectivity index (χ1) is 7.57. The standard InChI is InChI=1S/C9H19BrNO4P/c1-4-13-16(12,14-5-2)9-6-8(7-10)15-11(9)3/h8-9H,4-7H2,1-3H3/t8-,9+/m0/s1. The van der Waals surface area contributed by atoms with Crippen molar-refractivity contribution in [3.05, 3.63) is 0 Å². The molecule has 0 spiro atoms. The van der Waals surface area contributed by atoms with Gasteiger partial charge in [0.1, 0.15) is 5.78 Å². The SMILES string of the molecule is CCOP(=O)(OCC)[C@@H]1C[C@@H](CBr)ON1C. The maximum Gasteiger partial charge on any atom is 0.350 e. The van der Waals surface area contributed by atoms with Crippen LogP contribution in [0.4, 0.5) is 0 Å². The van der Waals surface area contributed by atoms with Crippen LogP contribution in [0.1, 0.15) is 20.3 Å². The third-order valence-electron chi connectivity index (χ3n) is 2.36. The lowest BCUT2D eigenvalue weighted by molar-refractivity contribution is -0.127. The van der Waals surface area contributed by atoms with E-state index in [0.717, 1.165) is 0 Å². The molecule has 1 aliphatic rings. The summed E-state index contributed by atoms with van der Waals surface area (Å²) in [6.07, 6.45) is 0.684. The Morgan fingerprint density at radius 1 is 1.44 bits per heavy atom. The van der Waals surface area contributed by atoms with Crippen molar-refractivity contribution in [2.45, 2.75) is 32.2 Å². The Kier molecular flexibility index (Phi) is 5.91. The van der Waals surface area contributed by atoms with Gasteiger partial charge in [-0.1, -0.05) is 15.9 Å². The molecule has 1 fully saturated rings. The van der Waals surface area contributed by atoms with Gasteiger partial charge in [-0.2, -0.15) is 5.06 Å². The molecule has 0 aliphatic carbocycles. The van der Waals surface area contributed by atoms with Crippen LogP contribution in [0.15, 0.2) is 0 Å². The number of nitrogens with zero attached hydrogens (tertiary/aromatic N) is 1. The van der Waals surface area contributed by atoms with Crippen molar-refractivity contribution in [1.82, 2.24) is 5.06 Å². The van der Waals surface area contributed by atoms with Gasteiger partial charge in [-0.15, -0.1) is 0 Å². The van der Waals surface area contributed by atoms with Gasteiger partial charge >= 0.3 is 7.60 Å². The van der Waals surface area contributed by atoms with E-state index in [1.165, 1.54) is 0 Å². The average molecular weight is 316 g/mol. The van der Waals surface area contributed by atoms with Gasteiger partial charge in [-0.05, 0) is 13.8 Å². The molecule has 1 saturated heterocycles. The van der Waals surface area contributed by atoms with Crippen LogP contribution in [0.25, 0.3) is 0 Å². The molecule has 0 amide bonds. The Hall–Kier alpha value is 0.550. The minimum absolute atomic E-state index is 0.0317. The number of hydrogen-bond acceptors (Lipinski definition) is 5. The molecule has 7 heteroatoms. The molecule has 5 nitrogen and oxygen atoms in total. The first-order valence-electron chi connectivity index (χ1n) is 5.41. The number of halogens is 1. The second kappa shape index (κ2) is 6.47. The summed E-state index contributed by atoms with van der Waals surface area (Å²) in [7, 11) is -1.33. The lowest BCUT2D eigenvalue weighted by Gasteiger charge is -2.25. The molecule has 16 heavy (non-hydrogen) atoms. The van der Waals surface area contributed by atoms with E-state index in [0.29, 0.717) is 25.0 Å². The molecule has 1 rings (SSSR count). The van der Waals surface area contributed by atoms with E-state index < -0.39 is 7.60 Å². The van der Waals surface area contributed by atoms with Gasteiger partial charge < -0.3 is 9.05 Å². The molecule has 0 aromatic heterocycles. The van der Waals surface area contributed by atoms with Crippen molar-refractivity contribution in [3.8, 4) is 0 Å². The molecule has 0 aromatic rings. The van der Waals surface area contributed by atoms with Crippen LogP contribution in [-0.2, 0) is 18.5 Å². The maximum atomic E-state index is 12.5. The first kappa shape index (κ1) is 14.6. The van der Waals surface area contributed by atoms with Crippen LogP contribution in [0.2, 0.25) is 0 Å². The molecule has 0 N–H and O–H groups in total. The highest BCUT2D eigenvalue weighted by atomic mass is 79.9. The molecular weight excluding hydrogens is 297 g/mol. The summed E-state index contributed by atoms with van der Waals surface area (Å²) in [4.78, 5) is 5.52. The summed E-state index contributed by atoms with van der Waals surface area (Å²) < 4.78 is 23.1. The second-order valence-electron chi connectivity index (χ2n) is 3.52. The molecule has 1 heterocycles. The summed E-state index contributed by atoms with van der Waals surface area (Å²) in [5.74, 6) is -0.310. The van der Waals surface area contributed by atoms with Gasteiger partial charge in [0.05, 0.1) is 19.3 Å². The van der Waals surface area contributed by atoms with Crippen molar-refractivity contribution in [2.24, 2.45) is 0 Å². The van der Waals surface area contributed by atoms with Crippen molar-refractivity contribution in [3.63, 3.8) is 0 Å². The van der Waals surface area contributed by atoms with Crippen LogP contribution in [0.5, 0.6) is 0 Å². The van der Waals surface area contributed by atoms with Crippen molar-refractivity contribution < 1.29 is 18.5 Å². The Balaban J connectivity index is 2.75. The van der Waals surface area contributed by atoms with E-state index in [-0.39, 0.29) is 11.9 Å². The van der Waals surface area contributed by atoms with Gasteiger partial charge in [0.25, 0.3) is 0 Å². The molecule has 0 aromatic carbocycles. The van der Waals surface area contributed by atoms with E-state index in [9.17, 15) is 4.57 Å². The molecule has 96 valence electrons. The lowest BCUT2D eigenvalue weighted by atomic mass is 10.3. The molecule has 0 bridgehead atoms. The minimum Gasteiger partial charge on any atom is -0.308 e. The highest BCUT2D eigenvalue weighted by Gasteiger charge is 2.45. The summed E-state index contributed by atoms with van der Waals surface area (Å²) in [5.41, 5.74) is 0. The Morgan fingerprint density at radius 2 is 2.00 bits per heavy atom. The highest BCUT2D eigenvalue weighted by Crippen LogP contribution is 2.57. The van der Waals surface area contributed by atoms with Gasteiger partial charge in [0, 0.05) is 18.8 Å². The molecule has 0 saturated carbocycles. The van der Waals surface area contributed by atoms with E-state index in [1.807, 2.05) is 13.8 Å². The van der Waals surface area contributed by atoms with Crippen molar-refractivity contribution in [2.75, 3.05) is 25.6 Å². The molecule has 1 aliphatic heterocycles. The molecule has 2 atom stereocenters. The zero-order chi connectivity index (χ0) is 12.2. The van der Waals surface area contributed by atoms with Crippen LogP contribution < -0.4 is 0 Å². The number of hydrogen-bond donors (Lipinski definition) is 0. The van der Waals surface area contributed by atoms with E-state index in [4.69, 9.17) is 13.9 Å². The summed E-state index contributed by atoms with van der Waals surface area (Å²) in [5, 5.41) is 2.31. The van der Waals surface area contributed by atoms with E-state index in [1.54, 1.807) is 12.1 Å². The predicted molar refractivity (Wildman–Crippen MR) is 65.7 cm³/mol. The quantitative estimate of drug-likeness (QED) is 0.557. The fourth-order valence-corrected chi connectivity index (χ4v) is 4.19. The third-order valence-corrected chi connectivity index (χ3v) is 5.59. The Labute approximate surface area is 105 Å². The monoisotopic (exact) mass is 315 g/mol. The zero-order valence-electron chi connectivity index (χ0n) is 9.89. The van der Waals surface area contributed by atoms with Crippen molar-refractivity contribution >= 4 is 23.5 Å². The Bertz CT molecular complexity index is 256. The van der Waals surface area contributed by atoms with Gasteiger partial charge in [0.15, 0.2) is 0 Å². The number of alkyl halides is 1. The Morgan fingerprint density at radius 3 is 2.38 bits per heavy atom. The van der Waals surface area contributed by atoms with E-state index >= 15 is 0 Å². The highest BCUT2D eigenvalue weighted by molar-refractivity contribution is 9.09. The molecule has 0 radical (unpaired) electrons. The zero-order valence-corrected chi connectivity index (χ0v) is 12.4. The van der Waals surface area contributed by atoms with Crippen LogP contribution >= 0.6 is 23.5 Å². The topological polar surface area (TPSA) is 48.0 Å². The van der Waals surface area contributed by atoms with Crippen LogP contribution in [0, 0.1) is 0 Å². The smallest absolute Gasteiger partial charge is 0.308 e. The fourth-order valence-electron chi connectivity index (χ4n) is 1.72. The summed E-state index contributed by atoms with van der Waals surface area (Å²) in [6.45, 7) is 4.37. The largest absolute Gasteiger partial charge is 0.350 e. The van der Waals surface area contributed by atoms with Crippen molar-refractivity contribution in [1.29, 1.82) is 0 Å². The summed E-state index contributed by atoms with van der Waals surface area (Å²) >= 11 is 3.35.